The first kappa shape index (κ1) is 13.6. The first-order chi connectivity index (χ1) is 8.10. The number of aliphatic hydroxyl groups excluding tert-OH is 2. The van der Waals surface area contributed by atoms with Crippen molar-refractivity contribution in [3.8, 4) is 0 Å². The molecule has 0 fully saturated rings. The van der Waals surface area contributed by atoms with Crippen LogP contribution in [0.25, 0.3) is 0 Å². The van der Waals surface area contributed by atoms with Crippen LogP contribution in [0.1, 0.15) is 15.9 Å². The zero-order chi connectivity index (χ0) is 12.8. The van der Waals surface area contributed by atoms with Crippen molar-refractivity contribution in [3.05, 3.63) is 35.1 Å². The molecule has 0 spiro atoms. The van der Waals surface area contributed by atoms with E-state index >= 15 is 0 Å². The number of rotatable bonds is 5. The molecule has 0 saturated carbocycles. The lowest BCUT2D eigenvalue weighted by atomic mass is 10.1. The van der Waals surface area contributed by atoms with Crippen LogP contribution >= 0.6 is 0 Å². The van der Waals surface area contributed by atoms with Crippen LogP contribution in [0.2, 0.25) is 0 Å². The topological polar surface area (TPSA) is 60.8 Å². The van der Waals surface area contributed by atoms with E-state index in [0.29, 0.717) is 11.1 Å². The fourth-order valence-electron chi connectivity index (χ4n) is 1.59. The SMILES string of the molecule is Cc1cc(F)ccc1C(=O)N(CCO)CCO. The van der Waals surface area contributed by atoms with Gasteiger partial charge < -0.3 is 15.1 Å². The molecule has 0 aliphatic carbocycles. The molecule has 2 N–H and O–H groups in total. The average Bonchev–Trinajstić information content (AvgIpc) is 2.28. The zero-order valence-electron chi connectivity index (χ0n) is 9.69. The molecule has 5 heteroatoms. The summed E-state index contributed by atoms with van der Waals surface area (Å²) in [6, 6.07) is 3.91. The number of aliphatic hydroxyl groups is 2. The lowest BCUT2D eigenvalue weighted by Crippen LogP contribution is -2.36. The Balaban J connectivity index is 2.92. The molecule has 1 aromatic rings. The third-order valence-electron chi connectivity index (χ3n) is 2.45. The van der Waals surface area contributed by atoms with E-state index in [1.165, 1.54) is 23.1 Å². The first-order valence-electron chi connectivity index (χ1n) is 5.37. The fourth-order valence-corrected chi connectivity index (χ4v) is 1.59. The maximum atomic E-state index is 12.9. The van der Waals surface area contributed by atoms with Crippen molar-refractivity contribution in [3.63, 3.8) is 0 Å². The van der Waals surface area contributed by atoms with Crippen LogP contribution in [-0.2, 0) is 0 Å². The molecule has 0 bridgehead atoms. The molecule has 1 rings (SSSR count). The van der Waals surface area contributed by atoms with Crippen molar-refractivity contribution in [2.45, 2.75) is 6.92 Å². The Morgan fingerprint density at radius 3 is 2.35 bits per heavy atom. The maximum Gasteiger partial charge on any atom is 0.254 e. The van der Waals surface area contributed by atoms with Crippen LogP contribution in [-0.4, -0.2) is 47.3 Å². The Morgan fingerprint density at radius 1 is 1.29 bits per heavy atom. The van der Waals surface area contributed by atoms with Crippen molar-refractivity contribution in [1.82, 2.24) is 4.90 Å². The Morgan fingerprint density at radius 2 is 1.88 bits per heavy atom. The van der Waals surface area contributed by atoms with Gasteiger partial charge in [0.2, 0.25) is 0 Å². The predicted molar refractivity (Wildman–Crippen MR) is 61.2 cm³/mol. The molecule has 0 radical (unpaired) electrons. The van der Waals surface area contributed by atoms with Crippen LogP contribution < -0.4 is 0 Å². The van der Waals surface area contributed by atoms with Gasteiger partial charge in [0.05, 0.1) is 13.2 Å². The van der Waals surface area contributed by atoms with Gasteiger partial charge in [-0.3, -0.25) is 4.79 Å². The van der Waals surface area contributed by atoms with Crippen LogP contribution in [0.15, 0.2) is 18.2 Å². The number of carbonyl (C=O) groups excluding carboxylic acids is 1. The van der Waals surface area contributed by atoms with Crippen molar-refractivity contribution in [2.24, 2.45) is 0 Å². The van der Waals surface area contributed by atoms with Gasteiger partial charge in [-0.15, -0.1) is 0 Å². The summed E-state index contributed by atoms with van der Waals surface area (Å²) in [6.07, 6.45) is 0. The summed E-state index contributed by atoms with van der Waals surface area (Å²) in [5, 5.41) is 17.7. The van der Waals surface area contributed by atoms with Gasteiger partial charge >= 0.3 is 0 Å². The lowest BCUT2D eigenvalue weighted by Gasteiger charge is -2.21. The number of halogens is 1. The summed E-state index contributed by atoms with van der Waals surface area (Å²) in [4.78, 5) is 13.4. The molecule has 0 aromatic heterocycles. The number of hydrogen-bond donors (Lipinski definition) is 2. The molecular weight excluding hydrogens is 225 g/mol. The molecule has 0 aliphatic heterocycles. The standard InChI is InChI=1S/C12H16FNO3/c1-9-8-10(13)2-3-11(9)12(17)14(4-6-15)5-7-16/h2-3,8,15-16H,4-7H2,1H3. The van der Waals surface area contributed by atoms with Gasteiger partial charge in [0.15, 0.2) is 0 Å². The van der Waals surface area contributed by atoms with Gasteiger partial charge in [0.1, 0.15) is 5.82 Å². The largest absolute Gasteiger partial charge is 0.395 e. The van der Waals surface area contributed by atoms with Crippen molar-refractivity contribution in [2.75, 3.05) is 26.3 Å². The molecule has 0 atom stereocenters. The summed E-state index contributed by atoms with van der Waals surface area (Å²) in [6.45, 7) is 1.59. The summed E-state index contributed by atoms with van der Waals surface area (Å²) < 4.78 is 12.9. The number of benzene rings is 1. The van der Waals surface area contributed by atoms with E-state index in [2.05, 4.69) is 0 Å². The number of aryl methyl sites for hydroxylation is 1. The summed E-state index contributed by atoms with van der Waals surface area (Å²) in [7, 11) is 0. The van der Waals surface area contributed by atoms with E-state index in [4.69, 9.17) is 10.2 Å². The Hall–Kier alpha value is -1.46. The minimum absolute atomic E-state index is 0.149. The first-order valence-corrected chi connectivity index (χ1v) is 5.37. The Labute approximate surface area is 99.3 Å². The smallest absolute Gasteiger partial charge is 0.254 e. The molecule has 17 heavy (non-hydrogen) atoms. The molecule has 1 aromatic carbocycles. The quantitative estimate of drug-likeness (QED) is 0.792. The van der Waals surface area contributed by atoms with Gasteiger partial charge in [-0.1, -0.05) is 0 Å². The number of hydrogen-bond acceptors (Lipinski definition) is 3. The Kier molecular flexibility index (Phi) is 5.06. The molecule has 1 amide bonds. The maximum absolute atomic E-state index is 12.9. The third kappa shape index (κ3) is 3.51. The highest BCUT2D eigenvalue weighted by Gasteiger charge is 2.16. The highest BCUT2D eigenvalue weighted by molar-refractivity contribution is 5.95. The minimum atomic E-state index is -0.394. The molecule has 94 valence electrons. The number of carbonyl (C=O) groups is 1. The average molecular weight is 241 g/mol. The normalized spacial score (nSPS) is 10.4. The molecule has 4 nitrogen and oxygen atoms in total. The van der Waals surface area contributed by atoms with Crippen molar-refractivity contribution in [1.29, 1.82) is 0 Å². The number of amides is 1. The second kappa shape index (κ2) is 6.32. The summed E-state index contributed by atoms with van der Waals surface area (Å²) >= 11 is 0. The fraction of sp³-hybridized carbons (Fsp3) is 0.417. The van der Waals surface area contributed by atoms with Gasteiger partial charge in [0.25, 0.3) is 5.91 Å². The minimum Gasteiger partial charge on any atom is -0.395 e. The number of nitrogens with zero attached hydrogens (tertiary/aromatic N) is 1. The summed E-state index contributed by atoms with van der Waals surface area (Å²) in [5.74, 6) is -0.708. The second-order valence-corrected chi connectivity index (χ2v) is 3.70. The van der Waals surface area contributed by atoms with E-state index in [0.717, 1.165) is 0 Å². The molecular formula is C12H16FNO3. The van der Waals surface area contributed by atoms with Gasteiger partial charge in [0, 0.05) is 18.7 Å². The van der Waals surface area contributed by atoms with Gasteiger partial charge in [-0.05, 0) is 30.7 Å². The van der Waals surface area contributed by atoms with E-state index in [9.17, 15) is 9.18 Å². The Bertz CT molecular complexity index is 389. The van der Waals surface area contributed by atoms with Crippen LogP contribution in [0.4, 0.5) is 4.39 Å². The van der Waals surface area contributed by atoms with Gasteiger partial charge in [-0.25, -0.2) is 4.39 Å². The van der Waals surface area contributed by atoms with Crippen molar-refractivity contribution >= 4 is 5.91 Å². The molecule has 0 saturated heterocycles. The molecule has 0 aliphatic rings. The van der Waals surface area contributed by atoms with Crippen LogP contribution in [0.3, 0.4) is 0 Å². The monoisotopic (exact) mass is 241 g/mol. The predicted octanol–water partition coefficient (Wildman–Crippen LogP) is 0.561. The molecule has 0 heterocycles. The van der Waals surface area contributed by atoms with E-state index in [1.54, 1.807) is 6.92 Å². The highest BCUT2D eigenvalue weighted by Crippen LogP contribution is 2.12. The van der Waals surface area contributed by atoms with E-state index < -0.39 is 5.82 Å². The van der Waals surface area contributed by atoms with Crippen LogP contribution in [0.5, 0.6) is 0 Å². The highest BCUT2D eigenvalue weighted by atomic mass is 19.1. The third-order valence-corrected chi connectivity index (χ3v) is 2.45. The zero-order valence-corrected chi connectivity index (χ0v) is 9.69. The van der Waals surface area contributed by atoms with E-state index in [1.807, 2.05) is 0 Å². The van der Waals surface area contributed by atoms with Crippen LogP contribution in [0, 0.1) is 12.7 Å². The summed E-state index contributed by atoms with van der Waals surface area (Å²) in [5.41, 5.74) is 0.921. The molecule has 0 unspecified atom stereocenters. The van der Waals surface area contributed by atoms with Crippen molar-refractivity contribution < 1.29 is 19.4 Å². The lowest BCUT2D eigenvalue weighted by molar-refractivity contribution is 0.0684. The van der Waals surface area contributed by atoms with Gasteiger partial charge in [-0.2, -0.15) is 0 Å². The van der Waals surface area contributed by atoms with E-state index in [-0.39, 0.29) is 32.2 Å². The second-order valence-electron chi connectivity index (χ2n) is 3.70.